The van der Waals surface area contributed by atoms with Gasteiger partial charge in [-0.25, -0.2) is 4.39 Å². The summed E-state index contributed by atoms with van der Waals surface area (Å²) in [6.07, 6.45) is -0.642. The number of ether oxygens (including phenoxy) is 1. The van der Waals surface area contributed by atoms with Crippen LogP contribution in [0.3, 0.4) is 0 Å². The summed E-state index contributed by atoms with van der Waals surface area (Å²) in [5, 5.41) is 9.97. The molecule has 0 amide bonds. The zero-order valence-corrected chi connectivity index (χ0v) is 10.2. The van der Waals surface area contributed by atoms with Crippen molar-refractivity contribution in [2.45, 2.75) is 26.4 Å². The molecule has 94 valence electrons. The van der Waals surface area contributed by atoms with E-state index in [0.717, 1.165) is 5.56 Å². The summed E-state index contributed by atoms with van der Waals surface area (Å²) in [5.41, 5.74) is 1.32. The highest BCUT2D eigenvalue weighted by Crippen LogP contribution is 2.25. The molecule has 3 nitrogen and oxygen atoms in total. The Labute approximate surface area is 100 Å². The molecule has 0 aromatic heterocycles. The van der Waals surface area contributed by atoms with Gasteiger partial charge in [0.05, 0.1) is 19.1 Å². The fourth-order valence-electron chi connectivity index (χ4n) is 1.73. The molecule has 2 atom stereocenters. The zero-order chi connectivity index (χ0) is 13.0. The van der Waals surface area contributed by atoms with Crippen LogP contribution in [-0.2, 0) is 9.53 Å². The van der Waals surface area contributed by atoms with Crippen LogP contribution in [0.4, 0.5) is 4.39 Å². The molecule has 1 N–H and O–H groups in total. The number of carbonyl (C=O) groups excluding carboxylic acids is 1. The van der Waals surface area contributed by atoms with Crippen LogP contribution in [0, 0.1) is 18.7 Å². The Morgan fingerprint density at radius 1 is 1.53 bits per heavy atom. The van der Waals surface area contributed by atoms with Crippen LogP contribution in [0.5, 0.6) is 0 Å². The van der Waals surface area contributed by atoms with Gasteiger partial charge in [0, 0.05) is 0 Å². The molecule has 0 fully saturated rings. The molecule has 1 aromatic rings. The van der Waals surface area contributed by atoms with Crippen molar-refractivity contribution in [3.8, 4) is 0 Å². The van der Waals surface area contributed by atoms with Crippen molar-refractivity contribution in [2.75, 3.05) is 7.11 Å². The van der Waals surface area contributed by atoms with Crippen molar-refractivity contribution in [1.82, 2.24) is 0 Å². The molecular weight excluding hydrogens is 223 g/mol. The fraction of sp³-hybridized carbons (Fsp3) is 0.462. The van der Waals surface area contributed by atoms with E-state index in [1.54, 1.807) is 19.9 Å². The van der Waals surface area contributed by atoms with E-state index in [-0.39, 0.29) is 12.4 Å². The highest BCUT2D eigenvalue weighted by molar-refractivity contribution is 5.71. The summed E-state index contributed by atoms with van der Waals surface area (Å²) < 4.78 is 17.6. The Balaban J connectivity index is 2.79. The Morgan fingerprint density at radius 3 is 2.76 bits per heavy atom. The van der Waals surface area contributed by atoms with Crippen LogP contribution in [0.15, 0.2) is 18.2 Å². The number of benzene rings is 1. The number of aliphatic hydroxyl groups excluding tert-OH is 1. The highest BCUT2D eigenvalue weighted by atomic mass is 19.1. The van der Waals surface area contributed by atoms with Crippen molar-refractivity contribution in [3.05, 3.63) is 35.1 Å². The van der Waals surface area contributed by atoms with Crippen LogP contribution < -0.4 is 0 Å². The number of esters is 1. The summed E-state index contributed by atoms with van der Waals surface area (Å²) in [6, 6.07) is 4.25. The number of halogens is 1. The fourth-order valence-corrected chi connectivity index (χ4v) is 1.73. The van der Waals surface area contributed by atoms with Gasteiger partial charge in [-0.1, -0.05) is 13.0 Å². The first-order valence-electron chi connectivity index (χ1n) is 5.47. The van der Waals surface area contributed by atoms with Crippen molar-refractivity contribution in [2.24, 2.45) is 5.92 Å². The molecule has 1 aromatic carbocycles. The first-order chi connectivity index (χ1) is 7.95. The summed E-state index contributed by atoms with van der Waals surface area (Å²) in [7, 11) is 1.30. The van der Waals surface area contributed by atoms with Crippen molar-refractivity contribution in [1.29, 1.82) is 0 Å². The monoisotopic (exact) mass is 240 g/mol. The second kappa shape index (κ2) is 5.77. The molecule has 0 heterocycles. The maximum Gasteiger partial charge on any atom is 0.308 e. The van der Waals surface area contributed by atoms with E-state index >= 15 is 0 Å². The maximum atomic E-state index is 13.1. The molecule has 0 aliphatic rings. The Hall–Kier alpha value is -1.42. The lowest BCUT2D eigenvalue weighted by Crippen LogP contribution is -2.16. The molecule has 0 saturated heterocycles. The van der Waals surface area contributed by atoms with Crippen molar-refractivity contribution in [3.63, 3.8) is 0 Å². The molecule has 4 heteroatoms. The van der Waals surface area contributed by atoms with Gasteiger partial charge in [-0.15, -0.1) is 0 Å². The number of hydrogen-bond acceptors (Lipinski definition) is 3. The van der Waals surface area contributed by atoms with E-state index in [1.165, 1.54) is 19.2 Å². The third kappa shape index (κ3) is 3.53. The second-order valence-electron chi connectivity index (χ2n) is 4.18. The van der Waals surface area contributed by atoms with E-state index in [0.29, 0.717) is 5.56 Å². The quantitative estimate of drug-likeness (QED) is 0.822. The van der Waals surface area contributed by atoms with Crippen LogP contribution in [-0.4, -0.2) is 18.2 Å². The minimum absolute atomic E-state index is 0.219. The van der Waals surface area contributed by atoms with Crippen LogP contribution in [0.25, 0.3) is 0 Å². The molecule has 0 spiro atoms. The lowest BCUT2D eigenvalue weighted by Gasteiger charge is -2.17. The molecule has 1 rings (SSSR count). The molecule has 0 aliphatic heterocycles. The molecule has 0 aliphatic carbocycles. The van der Waals surface area contributed by atoms with E-state index in [2.05, 4.69) is 4.74 Å². The normalized spacial score (nSPS) is 14.2. The van der Waals surface area contributed by atoms with Crippen molar-refractivity contribution < 1.29 is 19.0 Å². The first-order valence-corrected chi connectivity index (χ1v) is 5.47. The average molecular weight is 240 g/mol. The van der Waals surface area contributed by atoms with Gasteiger partial charge in [0.25, 0.3) is 0 Å². The van der Waals surface area contributed by atoms with Gasteiger partial charge in [0.1, 0.15) is 5.82 Å². The van der Waals surface area contributed by atoms with Gasteiger partial charge < -0.3 is 9.84 Å². The highest BCUT2D eigenvalue weighted by Gasteiger charge is 2.20. The third-order valence-electron chi connectivity index (χ3n) is 2.78. The molecule has 0 radical (unpaired) electrons. The minimum Gasteiger partial charge on any atom is -0.469 e. The summed E-state index contributed by atoms with van der Waals surface area (Å²) in [5.74, 6) is -1.19. The van der Waals surface area contributed by atoms with E-state index in [9.17, 15) is 14.3 Å². The van der Waals surface area contributed by atoms with Gasteiger partial charge in [0.15, 0.2) is 0 Å². The largest absolute Gasteiger partial charge is 0.469 e. The molecule has 0 bridgehead atoms. The summed E-state index contributed by atoms with van der Waals surface area (Å²) >= 11 is 0. The molecule has 17 heavy (non-hydrogen) atoms. The predicted molar refractivity (Wildman–Crippen MR) is 61.9 cm³/mol. The maximum absolute atomic E-state index is 13.1. The summed E-state index contributed by atoms with van der Waals surface area (Å²) in [6.45, 7) is 3.46. The Kier molecular flexibility index (Phi) is 4.63. The lowest BCUT2D eigenvalue weighted by molar-refractivity contribution is -0.145. The number of aliphatic hydroxyl groups is 1. The SMILES string of the molecule is COC(=O)C(C)CC(O)c1cc(F)ccc1C. The van der Waals surface area contributed by atoms with Crippen LogP contribution >= 0.6 is 0 Å². The standard InChI is InChI=1S/C13H17FO3/c1-8-4-5-10(14)7-11(8)12(15)6-9(2)13(16)17-3/h4-5,7,9,12,15H,6H2,1-3H3. The van der Waals surface area contributed by atoms with Crippen LogP contribution in [0.2, 0.25) is 0 Å². The average Bonchev–Trinajstić information content (AvgIpc) is 2.30. The van der Waals surface area contributed by atoms with E-state index in [4.69, 9.17) is 0 Å². The number of carbonyl (C=O) groups is 1. The van der Waals surface area contributed by atoms with Gasteiger partial charge in [0.2, 0.25) is 0 Å². The van der Waals surface area contributed by atoms with Gasteiger partial charge in [-0.2, -0.15) is 0 Å². The molecule has 2 unspecified atom stereocenters. The molecule has 0 saturated carbocycles. The van der Waals surface area contributed by atoms with Gasteiger partial charge >= 0.3 is 5.97 Å². The smallest absolute Gasteiger partial charge is 0.308 e. The topological polar surface area (TPSA) is 46.5 Å². The molecular formula is C13H17FO3. The van der Waals surface area contributed by atoms with Gasteiger partial charge in [-0.3, -0.25) is 4.79 Å². The van der Waals surface area contributed by atoms with Crippen molar-refractivity contribution >= 4 is 5.97 Å². The number of hydrogen-bond donors (Lipinski definition) is 1. The third-order valence-corrected chi connectivity index (χ3v) is 2.78. The van der Waals surface area contributed by atoms with E-state index in [1.807, 2.05) is 0 Å². The predicted octanol–water partition coefficient (Wildman–Crippen LogP) is 2.37. The van der Waals surface area contributed by atoms with Crippen LogP contribution in [0.1, 0.15) is 30.6 Å². The summed E-state index contributed by atoms with van der Waals surface area (Å²) in [4.78, 5) is 11.2. The Bertz CT molecular complexity index is 404. The number of methoxy groups -OCH3 is 1. The van der Waals surface area contributed by atoms with E-state index < -0.39 is 17.8 Å². The Morgan fingerprint density at radius 2 is 2.18 bits per heavy atom. The minimum atomic E-state index is -0.861. The lowest BCUT2D eigenvalue weighted by atomic mass is 9.95. The first kappa shape index (κ1) is 13.6. The number of rotatable bonds is 4. The zero-order valence-electron chi connectivity index (χ0n) is 10.2. The second-order valence-corrected chi connectivity index (χ2v) is 4.18. The van der Waals surface area contributed by atoms with Gasteiger partial charge in [-0.05, 0) is 36.6 Å². The number of aryl methyl sites for hydroxylation is 1.